The first-order valence-electron chi connectivity index (χ1n) is 12.3. The van der Waals surface area contributed by atoms with Crippen LogP contribution < -0.4 is 0 Å². The minimum absolute atomic E-state index is 0.0620. The number of rotatable bonds is 3. The summed E-state index contributed by atoms with van der Waals surface area (Å²) in [5.41, 5.74) is 1.36. The lowest BCUT2D eigenvalue weighted by Gasteiger charge is -2.61. The third-order valence-electron chi connectivity index (χ3n) is 10.6. The standard InChI is InChI=1S/C27H40O2/c1-25-14-11-21(28)18-20(25)8-9-22-23(25)12-15-26(2)24(22)13-17-27(26,29)16-10-19-6-4-3-5-7-19/h3-7,20-24,28-29H,8-18H2,1-2H3/t20-,21+,22-,23+,24+,25-,26-,27-/m0/s1. The molecule has 4 aliphatic carbocycles. The van der Waals surface area contributed by atoms with Crippen molar-refractivity contribution in [1.29, 1.82) is 0 Å². The minimum atomic E-state index is -0.501. The minimum Gasteiger partial charge on any atom is -0.393 e. The van der Waals surface area contributed by atoms with Crippen molar-refractivity contribution in [2.75, 3.05) is 0 Å². The van der Waals surface area contributed by atoms with Crippen molar-refractivity contribution in [3.05, 3.63) is 35.9 Å². The molecule has 8 atom stereocenters. The Bertz CT molecular complexity index is 731. The van der Waals surface area contributed by atoms with Gasteiger partial charge in [-0.05, 0) is 111 Å². The molecule has 1 aromatic carbocycles. The van der Waals surface area contributed by atoms with E-state index in [1.165, 1.54) is 44.1 Å². The number of fused-ring (bicyclic) bond motifs is 5. The second-order valence-corrected chi connectivity index (χ2v) is 11.6. The van der Waals surface area contributed by atoms with Gasteiger partial charge in [0.1, 0.15) is 0 Å². The van der Waals surface area contributed by atoms with Crippen LogP contribution in [0.4, 0.5) is 0 Å². The van der Waals surface area contributed by atoms with Gasteiger partial charge >= 0.3 is 0 Å². The molecule has 2 nitrogen and oxygen atoms in total. The molecule has 0 bridgehead atoms. The predicted molar refractivity (Wildman–Crippen MR) is 117 cm³/mol. The van der Waals surface area contributed by atoms with Crippen molar-refractivity contribution in [3.63, 3.8) is 0 Å². The molecule has 2 heteroatoms. The van der Waals surface area contributed by atoms with E-state index in [0.29, 0.717) is 11.3 Å². The van der Waals surface area contributed by atoms with Gasteiger partial charge in [-0.3, -0.25) is 0 Å². The van der Waals surface area contributed by atoms with Gasteiger partial charge in [-0.25, -0.2) is 0 Å². The highest BCUT2D eigenvalue weighted by Gasteiger charge is 2.64. The van der Waals surface area contributed by atoms with E-state index in [2.05, 4.69) is 44.2 Å². The average Bonchev–Trinajstić information content (AvgIpc) is 2.99. The third kappa shape index (κ3) is 3.04. The highest BCUT2D eigenvalue weighted by atomic mass is 16.3. The Balaban J connectivity index is 1.35. The van der Waals surface area contributed by atoms with Crippen LogP contribution >= 0.6 is 0 Å². The molecule has 5 rings (SSSR count). The lowest BCUT2D eigenvalue weighted by Crippen LogP contribution is -2.56. The largest absolute Gasteiger partial charge is 0.393 e. The Hall–Kier alpha value is -0.860. The van der Waals surface area contributed by atoms with Gasteiger partial charge in [0.2, 0.25) is 0 Å². The first-order chi connectivity index (χ1) is 13.9. The van der Waals surface area contributed by atoms with Crippen LogP contribution in [0.15, 0.2) is 30.3 Å². The molecule has 4 aliphatic rings. The van der Waals surface area contributed by atoms with Crippen molar-refractivity contribution in [1.82, 2.24) is 0 Å². The fraction of sp³-hybridized carbons (Fsp3) is 0.778. The average molecular weight is 397 g/mol. The topological polar surface area (TPSA) is 40.5 Å². The molecule has 4 fully saturated rings. The first kappa shape index (κ1) is 20.1. The molecule has 160 valence electrons. The maximum Gasteiger partial charge on any atom is 0.0707 e. The number of benzene rings is 1. The summed E-state index contributed by atoms with van der Waals surface area (Å²) in [7, 11) is 0. The van der Waals surface area contributed by atoms with E-state index in [4.69, 9.17) is 0 Å². The van der Waals surface area contributed by atoms with Gasteiger partial charge in [0.05, 0.1) is 11.7 Å². The molecule has 29 heavy (non-hydrogen) atoms. The number of hydrogen-bond donors (Lipinski definition) is 2. The summed E-state index contributed by atoms with van der Waals surface area (Å²) in [4.78, 5) is 0. The Morgan fingerprint density at radius 3 is 2.45 bits per heavy atom. The van der Waals surface area contributed by atoms with Crippen molar-refractivity contribution < 1.29 is 10.2 Å². The van der Waals surface area contributed by atoms with E-state index in [0.717, 1.165) is 49.9 Å². The van der Waals surface area contributed by atoms with Gasteiger partial charge in [0.15, 0.2) is 0 Å². The first-order valence-corrected chi connectivity index (χ1v) is 12.3. The quantitative estimate of drug-likeness (QED) is 0.682. The van der Waals surface area contributed by atoms with E-state index >= 15 is 0 Å². The summed E-state index contributed by atoms with van der Waals surface area (Å²) in [6.45, 7) is 4.99. The van der Waals surface area contributed by atoms with Gasteiger partial charge in [0, 0.05) is 0 Å². The second-order valence-electron chi connectivity index (χ2n) is 11.6. The molecule has 2 N–H and O–H groups in total. The molecule has 0 radical (unpaired) electrons. The zero-order chi connectivity index (χ0) is 20.3. The van der Waals surface area contributed by atoms with Gasteiger partial charge in [0.25, 0.3) is 0 Å². The van der Waals surface area contributed by atoms with Crippen LogP contribution in [0.25, 0.3) is 0 Å². The monoisotopic (exact) mass is 396 g/mol. The van der Waals surface area contributed by atoms with E-state index < -0.39 is 5.60 Å². The van der Waals surface area contributed by atoms with Crippen molar-refractivity contribution in [2.24, 2.45) is 34.5 Å². The van der Waals surface area contributed by atoms with Crippen LogP contribution in [0, 0.1) is 34.5 Å². The van der Waals surface area contributed by atoms with Crippen molar-refractivity contribution in [2.45, 2.75) is 96.2 Å². The summed E-state index contributed by atoms with van der Waals surface area (Å²) in [6, 6.07) is 10.7. The van der Waals surface area contributed by atoms with Crippen LogP contribution in [-0.4, -0.2) is 21.9 Å². The van der Waals surface area contributed by atoms with E-state index in [1.54, 1.807) is 0 Å². The molecule has 0 aromatic heterocycles. The van der Waals surface area contributed by atoms with E-state index in [-0.39, 0.29) is 11.5 Å². The summed E-state index contributed by atoms with van der Waals surface area (Å²) in [5, 5.41) is 22.1. The maximum atomic E-state index is 11.9. The lowest BCUT2D eigenvalue weighted by molar-refractivity contribution is -0.160. The van der Waals surface area contributed by atoms with Crippen molar-refractivity contribution in [3.8, 4) is 0 Å². The number of aliphatic hydroxyl groups is 2. The number of hydrogen-bond acceptors (Lipinski definition) is 2. The highest BCUT2D eigenvalue weighted by molar-refractivity contribution is 5.18. The van der Waals surface area contributed by atoms with Crippen molar-refractivity contribution >= 4 is 0 Å². The fourth-order valence-corrected chi connectivity index (χ4v) is 8.75. The normalized spacial score (nSPS) is 49.2. The Morgan fingerprint density at radius 2 is 1.66 bits per heavy atom. The molecule has 4 saturated carbocycles. The van der Waals surface area contributed by atoms with Gasteiger partial charge < -0.3 is 10.2 Å². The third-order valence-corrected chi connectivity index (χ3v) is 10.6. The van der Waals surface area contributed by atoms with Gasteiger partial charge in [-0.15, -0.1) is 0 Å². The number of aryl methyl sites for hydroxylation is 1. The smallest absolute Gasteiger partial charge is 0.0707 e. The Labute approximate surface area is 177 Å². The van der Waals surface area contributed by atoms with Crippen LogP contribution in [0.5, 0.6) is 0 Å². The molecule has 1 aromatic rings. The summed E-state index contributed by atoms with van der Waals surface area (Å²) in [5.74, 6) is 3.00. The lowest BCUT2D eigenvalue weighted by atomic mass is 9.44. The molecule has 0 spiro atoms. The van der Waals surface area contributed by atoms with Crippen LogP contribution in [-0.2, 0) is 6.42 Å². The van der Waals surface area contributed by atoms with Crippen LogP contribution in [0.1, 0.15) is 83.6 Å². The fourth-order valence-electron chi connectivity index (χ4n) is 8.75. The SMILES string of the molecule is C[C@]12CC[C@@H](O)C[C@@H]1CC[C@H]1[C@H]2CC[C@@]2(C)[C@@H]1CC[C@@]2(O)CCc1ccccc1. The zero-order valence-corrected chi connectivity index (χ0v) is 18.4. The van der Waals surface area contributed by atoms with E-state index in [9.17, 15) is 10.2 Å². The van der Waals surface area contributed by atoms with Gasteiger partial charge in [-0.1, -0.05) is 44.2 Å². The molecule has 0 unspecified atom stereocenters. The Morgan fingerprint density at radius 1 is 0.897 bits per heavy atom. The molecule has 0 heterocycles. The highest BCUT2D eigenvalue weighted by Crippen LogP contribution is 2.68. The summed E-state index contributed by atoms with van der Waals surface area (Å²) in [6.07, 6.45) is 12.4. The number of aliphatic hydroxyl groups excluding tert-OH is 1. The predicted octanol–water partition coefficient (Wildman–Crippen LogP) is 5.75. The zero-order valence-electron chi connectivity index (χ0n) is 18.4. The maximum absolute atomic E-state index is 11.9. The van der Waals surface area contributed by atoms with Crippen LogP contribution in [0.3, 0.4) is 0 Å². The molecule has 0 aliphatic heterocycles. The summed E-state index contributed by atoms with van der Waals surface area (Å²) >= 11 is 0. The van der Waals surface area contributed by atoms with Gasteiger partial charge in [-0.2, -0.15) is 0 Å². The molecular formula is C27H40O2. The summed E-state index contributed by atoms with van der Waals surface area (Å²) < 4.78 is 0. The van der Waals surface area contributed by atoms with E-state index in [1.807, 2.05) is 0 Å². The second kappa shape index (κ2) is 7.09. The Kier molecular flexibility index (Phi) is 4.91. The molecule has 0 saturated heterocycles. The molecule has 0 amide bonds. The van der Waals surface area contributed by atoms with Crippen LogP contribution in [0.2, 0.25) is 0 Å². The molecular weight excluding hydrogens is 356 g/mol.